The minimum atomic E-state index is -4.10. The summed E-state index contributed by atoms with van der Waals surface area (Å²) in [6.45, 7) is 13.5. The molecule has 0 aliphatic carbocycles. The fourth-order valence-corrected chi connectivity index (χ4v) is 5.86. The molecule has 0 aliphatic rings. The van der Waals surface area contributed by atoms with Gasteiger partial charge in [-0.1, -0.05) is 61.9 Å². The summed E-state index contributed by atoms with van der Waals surface area (Å²) in [6.07, 6.45) is 0. The lowest BCUT2D eigenvalue weighted by molar-refractivity contribution is -0.139. The maximum atomic E-state index is 14.1. The highest BCUT2D eigenvalue weighted by molar-refractivity contribution is 7.92. The van der Waals surface area contributed by atoms with Crippen LogP contribution in [-0.2, 0) is 26.2 Å². The Morgan fingerprint density at radius 2 is 1.43 bits per heavy atom. The van der Waals surface area contributed by atoms with Gasteiger partial charge < -0.3 is 10.2 Å². The van der Waals surface area contributed by atoms with Gasteiger partial charge in [-0.2, -0.15) is 0 Å². The molecular weight excluding hydrogens is 522 g/mol. The van der Waals surface area contributed by atoms with E-state index in [0.29, 0.717) is 12.2 Å². The fraction of sp³-hybridized carbons (Fsp3) is 0.375. The zero-order valence-electron chi connectivity index (χ0n) is 24.6. The number of sulfonamides is 1. The quantitative estimate of drug-likeness (QED) is 0.343. The number of anilines is 1. The van der Waals surface area contributed by atoms with Crippen molar-refractivity contribution in [2.24, 2.45) is 5.92 Å². The number of benzene rings is 3. The van der Waals surface area contributed by atoms with E-state index in [1.54, 1.807) is 43.3 Å². The standard InChI is InChI=1S/C32H41N3O4S/c1-22(2)19-33-32(37)27(7)34(20-28-11-9-8-10-26(28)6)31(36)21-35(29-17-24(4)16-25(5)18-29)40(38,39)30-14-12-23(3)13-15-30/h8-18,22,27H,19-21H2,1-7H3,(H,33,37). The van der Waals surface area contributed by atoms with E-state index in [1.165, 1.54) is 4.90 Å². The van der Waals surface area contributed by atoms with Crippen LogP contribution in [0.3, 0.4) is 0 Å². The normalized spacial score (nSPS) is 12.2. The molecule has 0 aromatic heterocycles. The number of hydrogen-bond acceptors (Lipinski definition) is 4. The van der Waals surface area contributed by atoms with E-state index < -0.39 is 28.5 Å². The summed E-state index contributed by atoms with van der Waals surface area (Å²) >= 11 is 0. The van der Waals surface area contributed by atoms with Gasteiger partial charge in [-0.25, -0.2) is 8.42 Å². The van der Waals surface area contributed by atoms with Crippen molar-refractivity contribution in [3.63, 3.8) is 0 Å². The molecule has 0 saturated heterocycles. The number of carbonyl (C=O) groups excluding carboxylic acids is 2. The monoisotopic (exact) mass is 563 g/mol. The highest BCUT2D eigenvalue weighted by Gasteiger charge is 2.33. The fourth-order valence-electron chi connectivity index (χ4n) is 4.47. The molecule has 0 spiro atoms. The van der Waals surface area contributed by atoms with E-state index in [2.05, 4.69) is 5.32 Å². The molecule has 1 atom stereocenters. The highest BCUT2D eigenvalue weighted by Crippen LogP contribution is 2.27. The maximum Gasteiger partial charge on any atom is 0.264 e. The first-order valence-electron chi connectivity index (χ1n) is 13.6. The van der Waals surface area contributed by atoms with Crippen LogP contribution >= 0.6 is 0 Å². The number of nitrogens with one attached hydrogen (secondary N) is 1. The Balaban J connectivity index is 2.06. The third kappa shape index (κ3) is 7.72. The summed E-state index contributed by atoms with van der Waals surface area (Å²) in [6, 6.07) is 18.9. The van der Waals surface area contributed by atoms with E-state index in [-0.39, 0.29) is 23.3 Å². The summed E-state index contributed by atoms with van der Waals surface area (Å²) in [5.41, 5.74) is 4.96. The average Bonchev–Trinajstić information content (AvgIpc) is 2.88. The molecule has 3 aromatic rings. The van der Waals surface area contributed by atoms with Crippen LogP contribution < -0.4 is 9.62 Å². The Morgan fingerprint density at radius 3 is 2.00 bits per heavy atom. The second kappa shape index (κ2) is 13.1. The van der Waals surface area contributed by atoms with Gasteiger partial charge in [0.2, 0.25) is 11.8 Å². The Kier molecular flexibility index (Phi) is 10.1. The van der Waals surface area contributed by atoms with Crippen LogP contribution in [0.4, 0.5) is 5.69 Å². The number of amides is 2. The molecule has 40 heavy (non-hydrogen) atoms. The van der Waals surface area contributed by atoms with E-state index in [1.807, 2.05) is 71.9 Å². The number of rotatable bonds is 11. The molecule has 7 nitrogen and oxygen atoms in total. The first-order chi connectivity index (χ1) is 18.8. The first kappa shape index (κ1) is 30.9. The minimum absolute atomic E-state index is 0.0956. The molecule has 214 valence electrons. The predicted octanol–water partition coefficient (Wildman–Crippen LogP) is 5.31. The van der Waals surface area contributed by atoms with E-state index in [0.717, 1.165) is 32.1 Å². The van der Waals surface area contributed by atoms with Crippen molar-refractivity contribution in [2.45, 2.75) is 65.9 Å². The number of aryl methyl sites for hydroxylation is 4. The Bertz CT molecular complexity index is 1430. The number of carbonyl (C=O) groups is 2. The lowest BCUT2D eigenvalue weighted by atomic mass is 10.1. The summed E-state index contributed by atoms with van der Waals surface area (Å²) < 4.78 is 29.1. The van der Waals surface area contributed by atoms with Crippen molar-refractivity contribution in [3.05, 3.63) is 94.5 Å². The molecule has 1 N–H and O–H groups in total. The minimum Gasteiger partial charge on any atom is -0.354 e. The molecule has 3 rings (SSSR count). The van der Waals surface area contributed by atoms with Crippen LogP contribution in [0.1, 0.15) is 48.6 Å². The Labute approximate surface area is 239 Å². The van der Waals surface area contributed by atoms with Gasteiger partial charge in [-0.15, -0.1) is 0 Å². The summed E-state index contributed by atoms with van der Waals surface area (Å²) in [7, 11) is -4.10. The SMILES string of the molecule is Cc1ccc(S(=O)(=O)N(CC(=O)N(Cc2ccccc2C)C(C)C(=O)NCC(C)C)c2cc(C)cc(C)c2)cc1. The maximum absolute atomic E-state index is 14.1. The van der Waals surface area contributed by atoms with Crippen LogP contribution in [0.5, 0.6) is 0 Å². The van der Waals surface area contributed by atoms with E-state index in [4.69, 9.17) is 0 Å². The molecule has 0 aliphatic heterocycles. The molecule has 8 heteroatoms. The largest absolute Gasteiger partial charge is 0.354 e. The zero-order valence-corrected chi connectivity index (χ0v) is 25.4. The van der Waals surface area contributed by atoms with Gasteiger partial charge in [0.15, 0.2) is 0 Å². The topological polar surface area (TPSA) is 86.8 Å². The number of hydrogen-bond donors (Lipinski definition) is 1. The summed E-state index contributed by atoms with van der Waals surface area (Å²) in [4.78, 5) is 28.8. The Hall–Kier alpha value is -3.65. The molecule has 0 saturated carbocycles. The van der Waals surface area contributed by atoms with Gasteiger partial charge in [-0.05, 0) is 87.1 Å². The van der Waals surface area contributed by atoms with Gasteiger partial charge in [0, 0.05) is 13.1 Å². The molecule has 0 heterocycles. The molecule has 3 aromatic carbocycles. The van der Waals surface area contributed by atoms with Crippen molar-refractivity contribution >= 4 is 27.5 Å². The van der Waals surface area contributed by atoms with Crippen molar-refractivity contribution in [3.8, 4) is 0 Å². The average molecular weight is 564 g/mol. The predicted molar refractivity (Wildman–Crippen MR) is 161 cm³/mol. The van der Waals surface area contributed by atoms with Gasteiger partial charge >= 0.3 is 0 Å². The second-order valence-electron chi connectivity index (χ2n) is 10.9. The van der Waals surface area contributed by atoms with Gasteiger partial charge in [0.05, 0.1) is 10.6 Å². The van der Waals surface area contributed by atoms with Crippen molar-refractivity contribution in [1.29, 1.82) is 0 Å². The van der Waals surface area contributed by atoms with Crippen LogP contribution in [0.25, 0.3) is 0 Å². The molecule has 0 bridgehead atoms. The van der Waals surface area contributed by atoms with Crippen LogP contribution in [0.15, 0.2) is 71.6 Å². The number of nitrogens with zero attached hydrogens (tertiary/aromatic N) is 2. The molecule has 1 unspecified atom stereocenters. The smallest absolute Gasteiger partial charge is 0.264 e. The van der Waals surface area contributed by atoms with Gasteiger partial charge in [0.25, 0.3) is 10.0 Å². The molecular formula is C32H41N3O4S. The van der Waals surface area contributed by atoms with Gasteiger partial charge in [-0.3, -0.25) is 13.9 Å². The summed E-state index contributed by atoms with van der Waals surface area (Å²) in [5.74, 6) is -0.503. The van der Waals surface area contributed by atoms with E-state index in [9.17, 15) is 18.0 Å². The van der Waals surface area contributed by atoms with Crippen molar-refractivity contribution < 1.29 is 18.0 Å². The lowest BCUT2D eigenvalue weighted by Gasteiger charge is -2.32. The third-order valence-corrected chi connectivity index (χ3v) is 8.62. The molecule has 0 fully saturated rings. The summed E-state index contributed by atoms with van der Waals surface area (Å²) in [5, 5.41) is 2.91. The Morgan fingerprint density at radius 1 is 0.825 bits per heavy atom. The van der Waals surface area contributed by atoms with Crippen molar-refractivity contribution in [1.82, 2.24) is 10.2 Å². The molecule has 2 amide bonds. The van der Waals surface area contributed by atoms with Gasteiger partial charge in [0.1, 0.15) is 12.6 Å². The van der Waals surface area contributed by atoms with E-state index >= 15 is 0 Å². The van der Waals surface area contributed by atoms with Crippen LogP contribution in [0.2, 0.25) is 0 Å². The third-order valence-electron chi connectivity index (χ3n) is 6.84. The second-order valence-corrected chi connectivity index (χ2v) is 12.8. The zero-order chi connectivity index (χ0) is 29.6. The van der Waals surface area contributed by atoms with Crippen LogP contribution in [-0.4, -0.2) is 44.3 Å². The first-order valence-corrected chi connectivity index (χ1v) is 15.0. The van der Waals surface area contributed by atoms with Crippen molar-refractivity contribution in [2.75, 3.05) is 17.4 Å². The highest BCUT2D eigenvalue weighted by atomic mass is 32.2. The lowest BCUT2D eigenvalue weighted by Crippen LogP contribution is -2.51. The van der Waals surface area contributed by atoms with Crippen LogP contribution in [0, 0.1) is 33.6 Å². The molecule has 0 radical (unpaired) electrons.